The molecule has 4 rings (SSSR count). The molecule has 1 N–H and O–H groups in total. The molecule has 1 aliphatic rings. The van der Waals surface area contributed by atoms with Crippen molar-refractivity contribution in [1.82, 2.24) is 20.2 Å². The average molecular weight is 343 g/mol. The van der Waals surface area contributed by atoms with Gasteiger partial charge in [-0.25, -0.2) is 4.68 Å². The van der Waals surface area contributed by atoms with Crippen LogP contribution in [0.15, 0.2) is 41.4 Å². The Balaban J connectivity index is 1.49. The van der Waals surface area contributed by atoms with Gasteiger partial charge in [0.05, 0.1) is 12.5 Å². The van der Waals surface area contributed by atoms with E-state index in [1.807, 2.05) is 16.8 Å². The second-order valence-electron chi connectivity index (χ2n) is 5.18. The van der Waals surface area contributed by atoms with Crippen molar-refractivity contribution in [3.05, 3.63) is 46.9 Å². The summed E-state index contributed by atoms with van der Waals surface area (Å²) in [6, 6.07) is 7.01. The van der Waals surface area contributed by atoms with Crippen LogP contribution in [-0.4, -0.2) is 32.9 Å². The maximum Gasteiger partial charge on any atom is 0.231 e. The number of fused-ring (bicyclic) bond motifs is 1. The van der Waals surface area contributed by atoms with Gasteiger partial charge < -0.3 is 14.8 Å². The van der Waals surface area contributed by atoms with Crippen molar-refractivity contribution in [2.45, 2.75) is 12.5 Å². The van der Waals surface area contributed by atoms with Crippen LogP contribution >= 0.6 is 11.3 Å². The number of anilines is 1. The number of hydrogen-bond acceptors (Lipinski definition) is 7. The first kappa shape index (κ1) is 14.6. The molecule has 0 aliphatic carbocycles. The fourth-order valence-corrected chi connectivity index (χ4v) is 3.21. The van der Waals surface area contributed by atoms with E-state index in [0.717, 1.165) is 5.56 Å². The van der Waals surface area contributed by atoms with Crippen LogP contribution in [0.1, 0.15) is 18.0 Å². The maximum absolute atomic E-state index is 12.5. The van der Waals surface area contributed by atoms with Gasteiger partial charge in [-0.1, -0.05) is 0 Å². The molecule has 122 valence electrons. The van der Waals surface area contributed by atoms with Crippen LogP contribution in [0.5, 0.6) is 11.5 Å². The lowest BCUT2D eigenvalue weighted by Gasteiger charge is -2.15. The number of rotatable bonds is 5. The van der Waals surface area contributed by atoms with Gasteiger partial charge in [-0.2, -0.15) is 11.3 Å². The van der Waals surface area contributed by atoms with Crippen molar-refractivity contribution in [2.24, 2.45) is 0 Å². The molecule has 9 heteroatoms. The second kappa shape index (κ2) is 6.28. The highest BCUT2D eigenvalue weighted by atomic mass is 32.1. The van der Waals surface area contributed by atoms with E-state index < -0.39 is 0 Å². The predicted octanol–water partition coefficient (Wildman–Crippen LogP) is 2.08. The molecular weight excluding hydrogens is 330 g/mol. The van der Waals surface area contributed by atoms with Crippen molar-refractivity contribution >= 4 is 22.9 Å². The molecule has 0 spiro atoms. The summed E-state index contributed by atoms with van der Waals surface area (Å²) in [7, 11) is 0. The summed E-state index contributed by atoms with van der Waals surface area (Å²) in [5, 5.41) is 18.1. The number of thiophene rings is 1. The molecule has 1 atom stereocenters. The van der Waals surface area contributed by atoms with Crippen molar-refractivity contribution < 1.29 is 14.3 Å². The molecule has 0 radical (unpaired) electrons. The van der Waals surface area contributed by atoms with Crippen LogP contribution in [0.25, 0.3) is 0 Å². The summed E-state index contributed by atoms with van der Waals surface area (Å²) in [5.41, 5.74) is 1.65. The van der Waals surface area contributed by atoms with Crippen LogP contribution in [0.3, 0.4) is 0 Å². The van der Waals surface area contributed by atoms with E-state index in [1.165, 1.54) is 6.33 Å². The van der Waals surface area contributed by atoms with Gasteiger partial charge in [-0.3, -0.25) is 4.79 Å². The number of amides is 1. The minimum Gasteiger partial charge on any atom is -0.454 e. The van der Waals surface area contributed by atoms with E-state index in [4.69, 9.17) is 9.47 Å². The zero-order valence-corrected chi connectivity index (χ0v) is 13.3. The van der Waals surface area contributed by atoms with E-state index in [2.05, 4.69) is 20.8 Å². The quantitative estimate of drug-likeness (QED) is 0.763. The lowest BCUT2D eigenvalue weighted by atomic mass is 10.1. The molecule has 0 bridgehead atoms. The summed E-state index contributed by atoms with van der Waals surface area (Å²) >= 11 is 1.57. The fraction of sp³-hybridized carbons (Fsp3) is 0.200. The molecule has 24 heavy (non-hydrogen) atoms. The molecule has 3 aromatic rings. The molecule has 3 heterocycles. The van der Waals surface area contributed by atoms with Gasteiger partial charge in [-0.15, -0.1) is 5.10 Å². The van der Waals surface area contributed by atoms with Gasteiger partial charge in [0.15, 0.2) is 11.5 Å². The third kappa shape index (κ3) is 2.93. The Kier molecular flexibility index (Phi) is 3.83. The zero-order valence-electron chi connectivity index (χ0n) is 12.5. The number of ether oxygens (including phenoxy) is 2. The topological polar surface area (TPSA) is 91.2 Å². The highest BCUT2D eigenvalue weighted by Gasteiger charge is 2.20. The normalized spacial score (nSPS) is 13.7. The van der Waals surface area contributed by atoms with Gasteiger partial charge in [0, 0.05) is 11.8 Å². The Morgan fingerprint density at radius 2 is 2.25 bits per heavy atom. The van der Waals surface area contributed by atoms with Crippen molar-refractivity contribution in [3.63, 3.8) is 0 Å². The van der Waals surface area contributed by atoms with Gasteiger partial charge >= 0.3 is 0 Å². The standard InChI is InChI=1S/C15H13N5O3S/c21-15(17-11-1-2-13-14(5-11)23-9-22-13)6-12(10-3-4-24-7-10)20-8-16-18-19-20/h1-5,7-8,12H,6,9H2,(H,17,21). The minimum atomic E-state index is -0.250. The summed E-state index contributed by atoms with van der Waals surface area (Å²) in [5.74, 6) is 1.17. The Labute approximate surface area is 141 Å². The van der Waals surface area contributed by atoms with Gasteiger partial charge in [0.25, 0.3) is 0 Å². The molecule has 8 nitrogen and oxygen atoms in total. The minimum absolute atomic E-state index is 0.138. The number of tetrazole rings is 1. The van der Waals surface area contributed by atoms with Crippen molar-refractivity contribution in [1.29, 1.82) is 0 Å². The molecule has 0 fully saturated rings. The second-order valence-corrected chi connectivity index (χ2v) is 5.96. The largest absolute Gasteiger partial charge is 0.454 e. The number of carbonyl (C=O) groups excluding carboxylic acids is 1. The third-order valence-corrected chi connectivity index (χ3v) is 4.35. The van der Waals surface area contributed by atoms with Crippen molar-refractivity contribution in [3.8, 4) is 11.5 Å². The van der Waals surface area contributed by atoms with Crippen LogP contribution in [0, 0.1) is 0 Å². The fourth-order valence-electron chi connectivity index (χ4n) is 2.50. The molecule has 0 saturated carbocycles. The number of aromatic nitrogens is 4. The Morgan fingerprint density at radius 1 is 1.33 bits per heavy atom. The number of hydrogen-bond donors (Lipinski definition) is 1. The smallest absolute Gasteiger partial charge is 0.231 e. The number of nitrogens with one attached hydrogen (secondary N) is 1. The summed E-state index contributed by atoms with van der Waals surface area (Å²) in [6.07, 6.45) is 1.73. The SMILES string of the molecule is O=C(CC(c1ccsc1)n1cnnn1)Nc1ccc2c(c1)OCO2. The summed E-state index contributed by atoms with van der Waals surface area (Å²) in [4.78, 5) is 12.5. The van der Waals surface area contributed by atoms with Crippen molar-refractivity contribution in [2.75, 3.05) is 12.1 Å². The molecule has 1 unspecified atom stereocenters. The first-order chi connectivity index (χ1) is 11.8. The highest BCUT2D eigenvalue weighted by molar-refractivity contribution is 7.08. The van der Waals surface area contributed by atoms with Gasteiger partial charge in [0.1, 0.15) is 6.33 Å². The summed E-state index contributed by atoms with van der Waals surface area (Å²) in [6.45, 7) is 0.201. The molecule has 2 aromatic heterocycles. The van der Waals surface area contributed by atoms with Crippen LogP contribution in [-0.2, 0) is 4.79 Å². The van der Waals surface area contributed by atoms with Crippen LogP contribution in [0.2, 0.25) is 0 Å². The summed E-state index contributed by atoms with van der Waals surface area (Å²) < 4.78 is 12.2. The van der Waals surface area contributed by atoms with Crippen LogP contribution < -0.4 is 14.8 Å². The molecular formula is C15H13N5O3S. The van der Waals surface area contributed by atoms with E-state index in [0.29, 0.717) is 17.2 Å². The van der Waals surface area contributed by atoms with E-state index in [9.17, 15) is 4.79 Å². The average Bonchev–Trinajstić information content (AvgIpc) is 3.33. The van der Waals surface area contributed by atoms with Gasteiger partial charge in [0.2, 0.25) is 12.7 Å². The predicted molar refractivity (Wildman–Crippen MR) is 86.1 cm³/mol. The number of carbonyl (C=O) groups is 1. The maximum atomic E-state index is 12.5. The molecule has 0 saturated heterocycles. The van der Waals surface area contributed by atoms with E-state index in [-0.39, 0.29) is 25.2 Å². The number of benzene rings is 1. The Morgan fingerprint density at radius 3 is 3.04 bits per heavy atom. The highest BCUT2D eigenvalue weighted by Crippen LogP contribution is 2.34. The first-order valence-corrected chi connectivity index (χ1v) is 8.18. The molecule has 1 aromatic carbocycles. The Bertz CT molecular complexity index is 801. The van der Waals surface area contributed by atoms with E-state index in [1.54, 1.807) is 34.2 Å². The third-order valence-electron chi connectivity index (χ3n) is 3.65. The molecule has 1 aliphatic heterocycles. The molecule has 1 amide bonds. The lowest BCUT2D eigenvalue weighted by molar-refractivity contribution is -0.116. The van der Waals surface area contributed by atoms with E-state index >= 15 is 0 Å². The number of nitrogens with zero attached hydrogens (tertiary/aromatic N) is 4. The van der Waals surface area contributed by atoms with Gasteiger partial charge in [-0.05, 0) is 44.9 Å². The zero-order chi connectivity index (χ0) is 16.4. The first-order valence-electron chi connectivity index (χ1n) is 7.23. The lowest BCUT2D eigenvalue weighted by Crippen LogP contribution is -2.20. The van der Waals surface area contributed by atoms with Crippen LogP contribution in [0.4, 0.5) is 5.69 Å². The Hall–Kier alpha value is -2.94. The monoisotopic (exact) mass is 343 g/mol.